The predicted octanol–water partition coefficient (Wildman–Crippen LogP) is 3.20. The number of hydrogen-bond acceptors (Lipinski definition) is 4. The van der Waals surface area contributed by atoms with Crippen LogP contribution < -0.4 is 5.43 Å². The minimum Gasteiger partial charge on any atom is -0.345 e. The number of benzene rings is 1. The van der Waals surface area contributed by atoms with Crippen LogP contribution in [0.3, 0.4) is 0 Å². The lowest BCUT2D eigenvalue weighted by Gasteiger charge is -1.98. The maximum absolute atomic E-state index is 4.38. The molecule has 82 valence electrons. The molecule has 0 aliphatic carbocycles. The topological polar surface area (TPSA) is 53.1 Å². The number of aromatic amines is 1. The van der Waals surface area contributed by atoms with Crippen molar-refractivity contribution in [1.82, 2.24) is 9.97 Å². The fraction of sp³-hybridized carbons (Fsp3) is 0. The van der Waals surface area contributed by atoms with E-state index < -0.39 is 0 Å². The molecule has 0 atom stereocenters. The Labute approximate surface area is 101 Å². The summed E-state index contributed by atoms with van der Waals surface area (Å²) in [6.45, 7) is 0. The predicted molar refractivity (Wildman–Crippen MR) is 72.6 cm³/mol. The van der Waals surface area contributed by atoms with Gasteiger partial charge < -0.3 is 4.98 Å². The number of hydrazone groups is 1. The van der Waals surface area contributed by atoms with E-state index in [9.17, 15) is 0 Å². The highest BCUT2D eigenvalue weighted by atomic mass is 32.1. The van der Waals surface area contributed by atoms with Gasteiger partial charge in [0.15, 0.2) is 0 Å². The van der Waals surface area contributed by atoms with Crippen LogP contribution in [-0.4, -0.2) is 16.2 Å². The molecule has 4 rings (SSSR count). The van der Waals surface area contributed by atoms with E-state index in [1.807, 2.05) is 6.08 Å². The number of allylic oxidation sites excluding steroid dienone is 1. The molecule has 0 spiro atoms. The molecule has 1 aromatic carbocycles. The van der Waals surface area contributed by atoms with E-state index in [0.717, 1.165) is 16.7 Å². The zero-order chi connectivity index (χ0) is 11.2. The van der Waals surface area contributed by atoms with Gasteiger partial charge in [-0.05, 0) is 24.3 Å². The van der Waals surface area contributed by atoms with Crippen molar-refractivity contribution < 1.29 is 0 Å². The van der Waals surface area contributed by atoms with Gasteiger partial charge in [0.25, 0.3) is 0 Å². The van der Waals surface area contributed by atoms with Crippen LogP contribution in [0.1, 0.15) is 4.88 Å². The first-order chi connectivity index (χ1) is 8.43. The smallest absolute Gasteiger partial charge is 0.106 e. The molecule has 0 saturated carbocycles. The van der Waals surface area contributed by atoms with E-state index in [4.69, 9.17) is 0 Å². The SMILES string of the molecule is C1=Cc2sc3c(ccc4[nH]cnc43)c2NN=C1. The van der Waals surface area contributed by atoms with Gasteiger partial charge in [0.05, 0.1) is 27.1 Å². The van der Waals surface area contributed by atoms with Crippen LogP contribution in [0.15, 0.2) is 29.6 Å². The van der Waals surface area contributed by atoms with Gasteiger partial charge in [-0.3, -0.25) is 5.43 Å². The highest BCUT2D eigenvalue weighted by Gasteiger charge is 2.14. The molecule has 2 aromatic heterocycles. The van der Waals surface area contributed by atoms with Crippen LogP contribution in [0.2, 0.25) is 0 Å². The first-order valence-electron chi connectivity index (χ1n) is 5.28. The van der Waals surface area contributed by atoms with Gasteiger partial charge >= 0.3 is 0 Å². The van der Waals surface area contributed by atoms with E-state index in [1.165, 1.54) is 15.0 Å². The highest BCUT2D eigenvalue weighted by molar-refractivity contribution is 7.21. The molecule has 1 aliphatic rings. The molecular formula is C12H8N4S. The van der Waals surface area contributed by atoms with Crippen molar-refractivity contribution >= 4 is 50.4 Å². The molecule has 1 aliphatic heterocycles. The zero-order valence-electron chi connectivity index (χ0n) is 8.77. The molecule has 0 saturated heterocycles. The third-order valence-electron chi connectivity index (χ3n) is 2.86. The van der Waals surface area contributed by atoms with Crippen LogP contribution >= 0.6 is 11.3 Å². The second-order valence-electron chi connectivity index (χ2n) is 3.83. The van der Waals surface area contributed by atoms with E-state index >= 15 is 0 Å². The van der Waals surface area contributed by atoms with Gasteiger partial charge in [-0.25, -0.2) is 4.98 Å². The summed E-state index contributed by atoms with van der Waals surface area (Å²) < 4.78 is 1.20. The maximum atomic E-state index is 4.38. The Hall–Kier alpha value is -2.14. The molecule has 0 unspecified atom stereocenters. The van der Waals surface area contributed by atoms with Crippen molar-refractivity contribution in [2.75, 3.05) is 5.43 Å². The van der Waals surface area contributed by atoms with E-state index in [1.54, 1.807) is 23.9 Å². The Balaban J connectivity index is 2.18. The van der Waals surface area contributed by atoms with E-state index in [0.29, 0.717) is 0 Å². The Morgan fingerprint density at radius 3 is 3.24 bits per heavy atom. The van der Waals surface area contributed by atoms with Crippen molar-refractivity contribution in [3.63, 3.8) is 0 Å². The molecular weight excluding hydrogens is 232 g/mol. The van der Waals surface area contributed by atoms with Crippen molar-refractivity contribution in [1.29, 1.82) is 0 Å². The number of aromatic nitrogens is 2. The normalized spacial score (nSPS) is 13.9. The first kappa shape index (κ1) is 8.95. The zero-order valence-corrected chi connectivity index (χ0v) is 9.58. The molecule has 0 bridgehead atoms. The van der Waals surface area contributed by atoms with Gasteiger partial charge in [-0.2, -0.15) is 5.10 Å². The third kappa shape index (κ3) is 1.17. The summed E-state index contributed by atoms with van der Waals surface area (Å²) in [5.41, 5.74) is 6.25. The number of fused-ring (bicyclic) bond motifs is 5. The Kier molecular flexibility index (Phi) is 1.67. The average molecular weight is 240 g/mol. The number of thiophene rings is 1. The number of hydrogen-bond donors (Lipinski definition) is 2. The molecule has 0 fully saturated rings. The van der Waals surface area contributed by atoms with Crippen LogP contribution in [0.4, 0.5) is 5.69 Å². The second kappa shape index (κ2) is 3.18. The minimum absolute atomic E-state index is 1.03. The molecule has 3 heterocycles. The molecule has 3 aromatic rings. The van der Waals surface area contributed by atoms with Crippen molar-refractivity contribution in [2.24, 2.45) is 5.10 Å². The summed E-state index contributed by atoms with van der Waals surface area (Å²) in [5, 5.41) is 5.29. The number of anilines is 1. The average Bonchev–Trinajstić information content (AvgIpc) is 2.87. The largest absolute Gasteiger partial charge is 0.345 e. The lowest BCUT2D eigenvalue weighted by Crippen LogP contribution is -1.86. The van der Waals surface area contributed by atoms with Gasteiger partial charge in [0.2, 0.25) is 0 Å². The van der Waals surface area contributed by atoms with Crippen molar-refractivity contribution in [2.45, 2.75) is 0 Å². The standard InChI is InChI=1S/C12H8N4S/c1-2-9-10(16-15-5-1)7-3-4-8-11(12(7)17-9)14-6-13-8/h1-6,16H,(H,13,14). The minimum atomic E-state index is 1.03. The lowest BCUT2D eigenvalue weighted by molar-refractivity contribution is 1.35. The summed E-state index contributed by atoms with van der Waals surface area (Å²) in [6.07, 6.45) is 7.50. The molecule has 0 amide bonds. The number of rotatable bonds is 0. The summed E-state index contributed by atoms with van der Waals surface area (Å²) >= 11 is 1.74. The number of H-pyrrole nitrogens is 1. The highest BCUT2D eigenvalue weighted by Crippen LogP contribution is 2.40. The Bertz CT molecular complexity index is 778. The van der Waals surface area contributed by atoms with E-state index in [-0.39, 0.29) is 0 Å². The van der Waals surface area contributed by atoms with Gasteiger partial charge in [0, 0.05) is 11.6 Å². The summed E-state index contributed by atoms with van der Waals surface area (Å²) in [5.74, 6) is 0. The lowest BCUT2D eigenvalue weighted by atomic mass is 10.2. The Morgan fingerprint density at radius 1 is 1.24 bits per heavy atom. The summed E-state index contributed by atoms with van der Waals surface area (Å²) in [7, 11) is 0. The van der Waals surface area contributed by atoms with Crippen LogP contribution in [0, 0.1) is 0 Å². The first-order valence-corrected chi connectivity index (χ1v) is 6.09. The quantitative estimate of drug-likeness (QED) is 0.634. The molecule has 4 nitrogen and oxygen atoms in total. The monoisotopic (exact) mass is 240 g/mol. The van der Waals surface area contributed by atoms with Crippen LogP contribution in [0.5, 0.6) is 0 Å². The molecule has 0 radical (unpaired) electrons. The third-order valence-corrected chi connectivity index (χ3v) is 4.04. The van der Waals surface area contributed by atoms with Gasteiger partial charge in [-0.15, -0.1) is 11.3 Å². The number of nitrogens with one attached hydrogen (secondary N) is 2. The van der Waals surface area contributed by atoms with Crippen molar-refractivity contribution in [3.8, 4) is 0 Å². The number of nitrogens with zero attached hydrogens (tertiary/aromatic N) is 2. The molecule has 17 heavy (non-hydrogen) atoms. The number of imidazole rings is 1. The maximum Gasteiger partial charge on any atom is 0.106 e. The fourth-order valence-electron chi connectivity index (χ4n) is 2.08. The van der Waals surface area contributed by atoms with Gasteiger partial charge in [0.1, 0.15) is 5.52 Å². The summed E-state index contributed by atoms with van der Waals surface area (Å²) in [4.78, 5) is 8.70. The molecule has 2 N–H and O–H groups in total. The summed E-state index contributed by atoms with van der Waals surface area (Å²) in [6, 6.07) is 4.16. The van der Waals surface area contributed by atoms with Gasteiger partial charge in [-0.1, -0.05) is 0 Å². The molecule has 5 heteroatoms. The van der Waals surface area contributed by atoms with Crippen molar-refractivity contribution in [3.05, 3.63) is 29.4 Å². The second-order valence-corrected chi connectivity index (χ2v) is 4.88. The van der Waals surface area contributed by atoms with E-state index in [2.05, 4.69) is 38.7 Å². The fourth-order valence-corrected chi connectivity index (χ4v) is 3.25. The van der Waals surface area contributed by atoms with Crippen LogP contribution in [0.25, 0.3) is 27.2 Å². The Morgan fingerprint density at radius 2 is 2.24 bits per heavy atom. The van der Waals surface area contributed by atoms with Crippen LogP contribution in [-0.2, 0) is 0 Å².